The zero-order chi connectivity index (χ0) is 16.3. The number of hydrogen-bond acceptors (Lipinski definition) is 4. The Labute approximate surface area is 160 Å². The highest BCUT2D eigenvalue weighted by atomic mass is 127. The zero-order valence-corrected chi connectivity index (χ0v) is 16.6. The number of pyridine rings is 1. The molecule has 2 N–H and O–H groups in total. The van der Waals surface area contributed by atoms with Gasteiger partial charge in [0.15, 0.2) is 5.96 Å². The number of guanidine groups is 1. The van der Waals surface area contributed by atoms with E-state index in [0.29, 0.717) is 6.54 Å². The van der Waals surface area contributed by atoms with Crippen molar-refractivity contribution in [2.24, 2.45) is 4.99 Å². The van der Waals surface area contributed by atoms with E-state index in [9.17, 15) is 0 Å². The largest absolute Gasteiger partial charge is 0.357 e. The number of aryl methyl sites for hydroxylation is 1. The molecule has 2 heterocycles. The minimum Gasteiger partial charge on any atom is -0.357 e. The fourth-order valence-corrected chi connectivity index (χ4v) is 2.20. The lowest BCUT2D eigenvalue weighted by Gasteiger charge is -2.12. The molecule has 0 aliphatic carbocycles. The minimum atomic E-state index is 0. The summed E-state index contributed by atoms with van der Waals surface area (Å²) in [5, 5.41) is 14.6. The summed E-state index contributed by atoms with van der Waals surface area (Å²) >= 11 is 0. The van der Waals surface area contributed by atoms with Gasteiger partial charge in [0.25, 0.3) is 0 Å². The Balaban J connectivity index is 0.00000288. The third-order valence-electron chi connectivity index (χ3n) is 3.37. The lowest BCUT2D eigenvalue weighted by atomic mass is 10.3. The van der Waals surface area contributed by atoms with Gasteiger partial charge in [-0.15, -0.1) is 34.2 Å². The van der Waals surface area contributed by atoms with Gasteiger partial charge in [-0.3, -0.25) is 9.98 Å². The summed E-state index contributed by atoms with van der Waals surface area (Å²) in [6, 6.07) is 5.95. The van der Waals surface area contributed by atoms with Crippen molar-refractivity contribution in [2.45, 2.75) is 33.2 Å². The SMILES string of the molecule is CCNC(=NCCc1ccccn1)NCCn1cnnc1CC.I. The molecule has 8 heteroatoms. The summed E-state index contributed by atoms with van der Waals surface area (Å²) in [7, 11) is 0. The lowest BCUT2D eigenvalue weighted by Crippen LogP contribution is -2.39. The molecule has 0 fully saturated rings. The number of halogens is 1. The van der Waals surface area contributed by atoms with Crippen LogP contribution in [0.3, 0.4) is 0 Å². The lowest BCUT2D eigenvalue weighted by molar-refractivity contribution is 0.632. The van der Waals surface area contributed by atoms with Gasteiger partial charge >= 0.3 is 0 Å². The Bertz CT molecular complexity index is 597. The van der Waals surface area contributed by atoms with Gasteiger partial charge in [0.1, 0.15) is 12.2 Å². The van der Waals surface area contributed by atoms with Gasteiger partial charge in [-0.05, 0) is 19.1 Å². The van der Waals surface area contributed by atoms with Crippen LogP contribution in [0, 0.1) is 0 Å². The summed E-state index contributed by atoms with van der Waals surface area (Å²) in [5.74, 6) is 1.83. The first-order chi connectivity index (χ1) is 11.3. The quantitative estimate of drug-likeness (QED) is 0.369. The molecule has 0 bridgehead atoms. The van der Waals surface area contributed by atoms with Crippen LogP contribution in [-0.2, 0) is 19.4 Å². The Kier molecular flexibility index (Phi) is 9.97. The highest BCUT2D eigenvalue weighted by Gasteiger charge is 2.02. The molecule has 0 aliphatic rings. The molecule has 2 rings (SSSR count). The zero-order valence-electron chi connectivity index (χ0n) is 14.3. The molecule has 0 aromatic carbocycles. The Hall–Kier alpha value is -1.71. The van der Waals surface area contributed by atoms with E-state index < -0.39 is 0 Å². The van der Waals surface area contributed by atoms with Crippen LogP contribution in [0.15, 0.2) is 35.7 Å². The first kappa shape index (κ1) is 20.3. The number of nitrogens with one attached hydrogen (secondary N) is 2. The predicted octanol–water partition coefficient (Wildman–Crippen LogP) is 1.65. The van der Waals surface area contributed by atoms with Crippen LogP contribution < -0.4 is 10.6 Å². The van der Waals surface area contributed by atoms with Crippen LogP contribution in [-0.4, -0.2) is 45.3 Å². The second-order valence-corrected chi connectivity index (χ2v) is 5.05. The first-order valence-electron chi connectivity index (χ1n) is 8.12. The molecule has 7 nitrogen and oxygen atoms in total. The van der Waals surface area contributed by atoms with E-state index in [0.717, 1.165) is 50.0 Å². The van der Waals surface area contributed by atoms with Gasteiger partial charge in [0.05, 0.1) is 0 Å². The third kappa shape index (κ3) is 6.81. The van der Waals surface area contributed by atoms with Crippen molar-refractivity contribution in [1.29, 1.82) is 0 Å². The van der Waals surface area contributed by atoms with Crippen molar-refractivity contribution < 1.29 is 0 Å². The van der Waals surface area contributed by atoms with E-state index >= 15 is 0 Å². The maximum Gasteiger partial charge on any atom is 0.191 e. The Morgan fingerprint density at radius 2 is 2.12 bits per heavy atom. The molecular weight excluding hydrogens is 417 g/mol. The van der Waals surface area contributed by atoms with Gasteiger partial charge in [-0.25, -0.2) is 0 Å². The smallest absolute Gasteiger partial charge is 0.191 e. The van der Waals surface area contributed by atoms with Crippen molar-refractivity contribution in [3.8, 4) is 0 Å². The molecule has 0 radical (unpaired) electrons. The molecule has 0 spiro atoms. The van der Waals surface area contributed by atoms with Crippen LogP contribution in [0.4, 0.5) is 0 Å². The molecule has 0 amide bonds. The van der Waals surface area contributed by atoms with Gasteiger partial charge in [-0.1, -0.05) is 13.0 Å². The maximum atomic E-state index is 4.58. The molecular formula is C16H26IN7. The molecule has 0 atom stereocenters. The average Bonchev–Trinajstić information content (AvgIpc) is 3.03. The molecule has 132 valence electrons. The summed E-state index contributed by atoms with van der Waals surface area (Å²) in [4.78, 5) is 8.89. The highest BCUT2D eigenvalue weighted by molar-refractivity contribution is 14.0. The molecule has 0 unspecified atom stereocenters. The topological polar surface area (TPSA) is 80.0 Å². The third-order valence-corrected chi connectivity index (χ3v) is 3.37. The molecule has 2 aromatic heterocycles. The molecule has 0 saturated carbocycles. The van der Waals surface area contributed by atoms with Crippen LogP contribution in [0.25, 0.3) is 0 Å². The highest BCUT2D eigenvalue weighted by Crippen LogP contribution is 1.96. The maximum absolute atomic E-state index is 4.58. The Morgan fingerprint density at radius 3 is 2.83 bits per heavy atom. The standard InChI is InChI=1S/C16H25N7.HI/c1-3-15-22-21-13-23(15)12-11-20-16(17-4-2)19-10-8-14-7-5-6-9-18-14;/h5-7,9,13H,3-4,8,10-12H2,1-2H3,(H2,17,19,20);1H. The summed E-state index contributed by atoms with van der Waals surface area (Å²) in [5.41, 5.74) is 1.06. The molecule has 0 saturated heterocycles. The average molecular weight is 443 g/mol. The second-order valence-electron chi connectivity index (χ2n) is 5.05. The molecule has 0 aliphatic heterocycles. The molecule has 2 aromatic rings. The Morgan fingerprint density at radius 1 is 1.25 bits per heavy atom. The van der Waals surface area contributed by atoms with Crippen LogP contribution in [0.5, 0.6) is 0 Å². The summed E-state index contributed by atoms with van der Waals surface area (Å²) in [6.07, 6.45) is 5.31. The minimum absolute atomic E-state index is 0. The van der Waals surface area contributed by atoms with Gasteiger partial charge in [0.2, 0.25) is 0 Å². The number of nitrogens with zero attached hydrogens (tertiary/aromatic N) is 5. The van der Waals surface area contributed by atoms with Gasteiger partial charge < -0.3 is 15.2 Å². The van der Waals surface area contributed by atoms with Gasteiger partial charge in [0, 0.05) is 50.9 Å². The van der Waals surface area contributed by atoms with E-state index in [1.54, 1.807) is 6.33 Å². The van der Waals surface area contributed by atoms with Crippen LogP contribution in [0.2, 0.25) is 0 Å². The first-order valence-corrected chi connectivity index (χ1v) is 8.12. The molecule has 24 heavy (non-hydrogen) atoms. The fraction of sp³-hybridized carbons (Fsp3) is 0.500. The number of rotatable bonds is 8. The normalized spacial score (nSPS) is 11.0. The fourth-order valence-electron chi connectivity index (χ4n) is 2.20. The van der Waals surface area contributed by atoms with Crippen molar-refractivity contribution in [3.05, 3.63) is 42.2 Å². The summed E-state index contributed by atoms with van der Waals surface area (Å²) in [6.45, 7) is 7.28. The number of aromatic nitrogens is 4. The van der Waals surface area contributed by atoms with E-state index in [-0.39, 0.29) is 24.0 Å². The van der Waals surface area contributed by atoms with Crippen LogP contribution >= 0.6 is 24.0 Å². The van der Waals surface area contributed by atoms with E-state index in [2.05, 4.69) is 49.2 Å². The van der Waals surface area contributed by atoms with Crippen molar-refractivity contribution in [2.75, 3.05) is 19.6 Å². The summed E-state index contributed by atoms with van der Waals surface area (Å²) < 4.78 is 2.06. The van der Waals surface area contributed by atoms with Crippen LogP contribution in [0.1, 0.15) is 25.4 Å². The van der Waals surface area contributed by atoms with Crippen molar-refractivity contribution in [1.82, 2.24) is 30.4 Å². The predicted molar refractivity (Wildman–Crippen MR) is 107 cm³/mol. The van der Waals surface area contributed by atoms with E-state index in [4.69, 9.17) is 0 Å². The van der Waals surface area contributed by atoms with Crippen molar-refractivity contribution in [3.63, 3.8) is 0 Å². The number of aliphatic imine (C=N–C) groups is 1. The van der Waals surface area contributed by atoms with E-state index in [1.807, 2.05) is 24.4 Å². The van der Waals surface area contributed by atoms with E-state index in [1.165, 1.54) is 0 Å². The second kappa shape index (κ2) is 11.8. The van der Waals surface area contributed by atoms with Gasteiger partial charge in [-0.2, -0.15) is 0 Å². The monoisotopic (exact) mass is 443 g/mol. The van der Waals surface area contributed by atoms with Crippen molar-refractivity contribution >= 4 is 29.9 Å². The number of hydrogen-bond donors (Lipinski definition) is 2.